The maximum atomic E-state index is 2.41. The van der Waals surface area contributed by atoms with Gasteiger partial charge < -0.3 is 23.5 Å². The van der Waals surface area contributed by atoms with Gasteiger partial charge in [-0.05, 0) is 273 Å². The molecule has 1 aliphatic rings. The van der Waals surface area contributed by atoms with Crippen LogP contribution in [0.25, 0.3) is 193 Å². The number of hydrogen-bond donors (Lipinski definition) is 0. The molecule has 27 rings (SSSR count). The molecule has 0 saturated carbocycles. The van der Waals surface area contributed by atoms with E-state index in [0.717, 1.165) is 45.5 Å². The average molecular weight is 1790 g/mol. The highest BCUT2D eigenvalue weighted by molar-refractivity contribution is 6.24. The third-order valence-corrected chi connectivity index (χ3v) is 28.6. The predicted molar refractivity (Wildman–Crippen MR) is 594 cm³/mol. The van der Waals surface area contributed by atoms with Gasteiger partial charge in [0.25, 0.3) is 0 Å². The minimum Gasteiger partial charge on any atom is -0.311 e. The van der Waals surface area contributed by atoms with Crippen molar-refractivity contribution in [2.24, 2.45) is 0 Å². The fraction of sp³-hybridized carbons (Fsp3) is 0.0222. The third-order valence-electron chi connectivity index (χ3n) is 28.6. The van der Waals surface area contributed by atoms with Crippen LogP contribution in [-0.4, -0.2) is 13.7 Å². The Bertz CT molecular complexity index is 8820. The van der Waals surface area contributed by atoms with Crippen LogP contribution in [0.15, 0.2) is 540 Å². The van der Waals surface area contributed by atoms with Gasteiger partial charge in [0.1, 0.15) is 0 Å². The quantitative estimate of drug-likeness (QED) is 0.0954. The van der Waals surface area contributed by atoms with Crippen molar-refractivity contribution >= 4 is 132 Å². The number of rotatable bonds is 15. The molecule has 0 bridgehead atoms. The van der Waals surface area contributed by atoms with Gasteiger partial charge >= 0.3 is 0 Å². The molecule has 0 fully saturated rings. The largest absolute Gasteiger partial charge is 0.311 e. The van der Waals surface area contributed by atoms with Gasteiger partial charge in [0, 0.05) is 88.9 Å². The summed E-state index contributed by atoms with van der Waals surface area (Å²) in [6.07, 6.45) is 0. The molecule has 1 aliphatic carbocycles. The molecule has 0 N–H and O–H groups in total. The van der Waals surface area contributed by atoms with Crippen LogP contribution in [0, 0.1) is 0 Å². The van der Waals surface area contributed by atoms with E-state index >= 15 is 0 Å². The number of benzene rings is 23. The summed E-state index contributed by atoms with van der Waals surface area (Å²) in [6, 6.07) is 195. The first-order valence-electron chi connectivity index (χ1n) is 48.3. The molecule has 0 spiro atoms. The van der Waals surface area contributed by atoms with E-state index in [1.165, 1.54) is 192 Å². The lowest BCUT2D eigenvalue weighted by Gasteiger charge is -2.28. The number of aromatic nitrogens is 3. The number of hydrogen-bond acceptors (Lipinski definition) is 2. The minimum atomic E-state index is -0.0864. The van der Waals surface area contributed by atoms with Crippen LogP contribution in [0.3, 0.4) is 0 Å². The van der Waals surface area contributed by atoms with Crippen LogP contribution < -0.4 is 9.80 Å². The molecule has 3 aromatic heterocycles. The molecule has 5 heteroatoms. The standard InChI is InChI=1S/C51H38N2.C48H33N3.C36H24/c1-51(2)47-19-11-9-17-43(47)44-31-30-42(34-48(44)51)52(40-26-21-36(22-27-40)35-13-5-3-6-14-35)41-28-23-37(24-29-41)38-25-32-50-46(33-38)45-18-10-12-20-49(45)53(50)39-15-7-4-8-16-39;1-2-12-34(13-3-1)35-22-24-36(25-23-35)49(37-26-30-39(31-27-37)50-45-18-8-4-14-41(45)42-15-5-9-19-46(42)50)38-28-32-40(33-29-38)51-47-20-10-6-16-43(47)44-17-7-11-21-48(44)51;1-3-13-25(14-4-1)27-23-24-34(29-18-8-7-17-28(27)29)36-32-21-11-9-19-30(32)35(26-15-5-2-6-16-26)31-20-10-12-22-33(31)36/h3-34H,1-2H3;1-33H;1-24H. The van der Waals surface area contributed by atoms with Gasteiger partial charge in [-0.15, -0.1) is 0 Å². The number of fused-ring (bicyclic) bond motifs is 15. The van der Waals surface area contributed by atoms with Crippen LogP contribution in [0.5, 0.6) is 0 Å². The highest BCUT2D eigenvalue weighted by Crippen LogP contribution is 2.53. The first kappa shape index (κ1) is 83.6. The van der Waals surface area contributed by atoms with Crippen molar-refractivity contribution in [1.82, 2.24) is 13.7 Å². The maximum absolute atomic E-state index is 2.41. The number of nitrogens with zero attached hydrogens (tertiary/aromatic N) is 5. The normalized spacial score (nSPS) is 12.0. The van der Waals surface area contributed by atoms with Gasteiger partial charge in [-0.2, -0.15) is 0 Å². The lowest BCUT2D eigenvalue weighted by atomic mass is 9.82. The molecule has 5 nitrogen and oxygen atoms in total. The van der Waals surface area contributed by atoms with E-state index in [1.807, 2.05) is 0 Å². The lowest BCUT2D eigenvalue weighted by Crippen LogP contribution is -2.16. The Morgan fingerprint density at radius 1 is 0.150 bits per heavy atom. The second-order valence-corrected chi connectivity index (χ2v) is 36.9. The molecule has 0 atom stereocenters. The number of anilines is 6. The topological polar surface area (TPSA) is 21.3 Å². The first-order chi connectivity index (χ1) is 69.3. The van der Waals surface area contributed by atoms with Gasteiger partial charge in [0.2, 0.25) is 0 Å². The Hall–Kier alpha value is -18.2. The first-order valence-corrected chi connectivity index (χ1v) is 48.3. The van der Waals surface area contributed by atoms with Crippen LogP contribution in [0.4, 0.5) is 34.1 Å². The molecule has 0 aliphatic heterocycles. The second-order valence-electron chi connectivity index (χ2n) is 36.9. The van der Waals surface area contributed by atoms with E-state index in [9.17, 15) is 0 Å². The smallest absolute Gasteiger partial charge is 0.0541 e. The summed E-state index contributed by atoms with van der Waals surface area (Å²) in [5.74, 6) is 0. The van der Waals surface area contributed by atoms with E-state index in [-0.39, 0.29) is 5.41 Å². The SMILES string of the molecule is CC1(C)c2ccccc2-c2ccc(N(c3ccc(-c4ccccc4)cc3)c3ccc(-c4ccc5c(c4)c4ccccc4n5-c4ccccc4)cc3)cc21.c1ccc(-c2ccc(-c3c4ccccc4c(-c4ccccc4)c4ccccc34)c3ccccc23)cc1.c1ccc(-c2ccc(N(c3ccc(-n4c5ccccc5c5ccccc54)cc3)c3ccc(-n4c5ccccc5c5ccccc54)cc3)cc2)cc1. The Kier molecular flexibility index (Phi) is 21.3. The molecular formula is C135H95N5. The van der Waals surface area contributed by atoms with E-state index in [2.05, 4.69) is 577 Å². The second kappa shape index (κ2) is 35.6. The molecule has 3 heterocycles. The predicted octanol–water partition coefficient (Wildman–Crippen LogP) is 37.1. The zero-order chi connectivity index (χ0) is 93.1. The molecule has 0 radical (unpaired) electrons. The fourth-order valence-corrected chi connectivity index (χ4v) is 22.0. The highest BCUT2D eigenvalue weighted by Gasteiger charge is 2.36. The van der Waals surface area contributed by atoms with E-state index < -0.39 is 0 Å². The number of para-hydroxylation sites is 6. The van der Waals surface area contributed by atoms with Crippen LogP contribution in [0.2, 0.25) is 0 Å². The van der Waals surface area contributed by atoms with Crippen molar-refractivity contribution in [3.63, 3.8) is 0 Å². The molecule has 0 unspecified atom stereocenters. The lowest BCUT2D eigenvalue weighted by molar-refractivity contribution is 0.660. The monoisotopic (exact) mass is 1790 g/mol. The Balaban J connectivity index is 0.000000113. The van der Waals surface area contributed by atoms with Crippen molar-refractivity contribution < 1.29 is 0 Å². The zero-order valence-electron chi connectivity index (χ0n) is 77.6. The Labute approximate surface area is 814 Å². The summed E-state index contributed by atoms with van der Waals surface area (Å²) < 4.78 is 7.11. The Morgan fingerprint density at radius 3 is 0.843 bits per heavy atom. The summed E-state index contributed by atoms with van der Waals surface area (Å²) in [5.41, 5.74) is 37.6. The van der Waals surface area contributed by atoms with Crippen LogP contribution >= 0.6 is 0 Å². The van der Waals surface area contributed by atoms with Crippen LogP contribution in [0.1, 0.15) is 25.0 Å². The van der Waals surface area contributed by atoms with Crippen molar-refractivity contribution in [3.8, 4) is 95.0 Å². The maximum Gasteiger partial charge on any atom is 0.0541 e. The van der Waals surface area contributed by atoms with Gasteiger partial charge in [-0.25, -0.2) is 0 Å². The van der Waals surface area contributed by atoms with Gasteiger partial charge in [0.05, 0.1) is 33.1 Å². The molecule has 26 aromatic rings. The van der Waals surface area contributed by atoms with Crippen molar-refractivity contribution in [3.05, 3.63) is 551 Å². The van der Waals surface area contributed by atoms with Crippen molar-refractivity contribution in [1.29, 1.82) is 0 Å². The third kappa shape index (κ3) is 14.8. The summed E-state index contributed by atoms with van der Waals surface area (Å²) in [6.45, 7) is 4.70. The highest BCUT2D eigenvalue weighted by atomic mass is 15.2. The molecule has 660 valence electrons. The van der Waals surface area contributed by atoms with Gasteiger partial charge in [-0.3, -0.25) is 0 Å². The van der Waals surface area contributed by atoms with Crippen molar-refractivity contribution in [2.75, 3.05) is 9.80 Å². The summed E-state index contributed by atoms with van der Waals surface area (Å²) in [4.78, 5) is 4.74. The molecule has 0 amide bonds. The minimum absolute atomic E-state index is 0.0864. The average Bonchev–Trinajstić information content (AvgIpc) is 1.33. The molecule has 140 heavy (non-hydrogen) atoms. The van der Waals surface area contributed by atoms with Crippen molar-refractivity contribution in [2.45, 2.75) is 19.3 Å². The fourth-order valence-electron chi connectivity index (χ4n) is 22.0. The van der Waals surface area contributed by atoms with E-state index in [4.69, 9.17) is 0 Å². The molecule has 23 aromatic carbocycles. The summed E-state index contributed by atoms with van der Waals surface area (Å²) in [5, 5.41) is 15.3. The van der Waals surface area contributed by atoms with E-state index in [0.29, 0.717) is 0 Å². The van der Waals surface area contributed by atoms with Gasteiger partial charge in [-0.1, -0.05) is 402 Å². The zero-order valence-corrected chi connectivity index (χ0v) is 77.6. The van der Waals surface area contributed by atoms with Gasteiger partial charge in [0.15, 0.2) is 0 Å². The van der Waals surface area contributed by atoms with Crippen LogP contribution in [-0.2, 0) is 5.41 Å². The Morgan fingerprint density at radius 2 is 0.414 bits per heavy atom. The molecular weight excluding hydrogens is 1690 g/mol. The molecule has 0 saturated heterocycles. The summed E-state index contributed by atoms with van der Waals surface area (Å²) in [7, 11) is 0. The van der Waals surface area contributed by atoms with E-state index in [1.54, 1.807) is 0 Å². The summed E-state index contributed by atoms with van der Waals surface area (Å²) >= 11 is 0.